The van der Waals surface area contributed by atoms with Gasteiger partial charge in [-0.2, -0.15) is 4.98 Å². The van der Waals surface area contributed by atoms with Crippen LogP contribution in [0.4, 0.5) is 4.39 Å². The molecule has 1 aromatic carbocycles. The van der Waals surface area contributed by atoms with Gasteiger partial charge in [-0.3, -0.25) is 0 Å². The summed E-state index contributed by atoms with van der Waals surface area (Å²) in [5.74, 6) is 0.0815. The Morgan fingerprint density at radius 3 is 2.90 bits per heavy atom. The lowest BCUT2D eigenvalue weighted by Crippen LogP contribution is -2.00. The number of aryl methyl sites for hydroxylation is 1. The zero-order valence-corrected chi connectivity index (χ0v) is 12.1. The van der Waals surface area contributed by atoms with Crippen LogP contribution in [0.25, 0.3) is 10.2 Å². The van der Waals surface area contributed by atoms with E-state index < -0.39 is 0 Å². The molecule has 0 amide bonds. The lowest BCUT2D eigenvalue weighted by molar-refractivity contribution is 0.292. The van der Waals surface area contributed by atoms with Crippen molar-refractivity contribution in [3.8, 4) is 5.88 Å². The van der Waals surface area contributed by atoms with E-state index in [1.165, 1.54) is 17.4 Å². The highest BCUT2D eigenvalue weighted by atomic mass is 35.5. The highest BCUT2D eigenvalue weighted by Gasteiger charge is 2.11. The van der Waals surface area contributed by atoms with Gasteiger partial charge in [0.25, 0.3) is 0 Å². The summed E-state index contributed by atoms with van der Waals surface area (Å²) in [6, 6.07) is 8.41. The van der Waals surface area contributed by atoms with Crippen LogP contribution >= 0.6 is 22.9 Å². The smallest absolute Gasteiger partial charge is 0.227 e. The topological polar surface area (TPSA) is 35.0 Å². The van der Waals surface area contributed by atoms with E-state index in [9.17, 15) is 4.39 Å². The summed E-state index contributed by atoms with van der Waals surface area (Å²) in [6.07, 6.45) is 0. The predicted molar refractivity (Wildman–Crippen MR) is 77.9 cm³/mol. The highest BCUT2D eigenvalue weighted by molar-refractivity contribution is 7.18. The van der Waals surface area contributed by atoms with Gasteiger partial charge >= 0.3 is 0 Å². The first-order valence-electron chi connectivity index (χ1n) is 5.93. The number of fused-ring (bicyclic) bond motifs is 1. The molecule has 102 valence electrons. The Balaban J connectivity index is 1.93. The van der Waals surface area contributed by atoms with E-state index in [4.69, 9.17) is 16.3 Å². The van der Waals surface area contributed by atoms with Crippen LogP contribution in [0.15, 0.2) is 30.3 Å². The third-order valence-electron chi connectivity index (χ3n) is 2.78. The minimum atomic E-state index is -0.301. The Morgan fingerprint density at radius 1 is 1.30 bits per heavy atom. The molecule has 0 N–H and O–H groups in total. The predicted octanol–water partition coefficient (Wildman–Crippen LogP) is 4.37. The van der Waals surface area contributed by atoms with Crippen LogP contribution in [0, 0.1) is 12.7 Å². The van der Waals surface area contributed by atoms with Gasteiger partial charge in [0.2, 0.25) is 11.2 Å². The molecule has 3 aromatic rings. The molecular formula is C14H10ClFN2OS. The maximum absolute atomic E-state index is 13.6. The first-order chi connectivity index (χ1) is 9.63. The molecule has 0 saturated heterocycles. The molecule has 2 heterocycles. The van der Waals surface area contributed by atoms with E-state index >= 15 is 0 Å². The zero-order chi connectivity index (χ0) is 14.1. The molecule has 0 spiro atoms. The minimum Gasteiger partial charge on any atom is -0.472 e. The lowest BCUT2D eigenvalue weighted by Gasteiger charge is -2.07. The number of hydrogen-bond donors (Lipinski definition) is 0. The molecule has 20 heavy (non-hydrogen) atoms. The largest absolute Gasteiger partial charge is 0.472 e. The van der Waals surface area contributed by atoms with Gasteiger partial charge in [0.1, 0.15) is 17.3 Å². The van der Waals surface area contributed by atoms with Gasteiger partial charge < -0.3 is 4.74 Å². The Kier molecular flexibility index (Phi) is 3.54. The molecule has 0 aliphatic rings. The van der Waals surface area contributed by atoms with Crippen LogP contribution in [-0.4, -0.2) is 9.97 Å². The van der Waals surface area contributed by atoms with Crippen molar-refractivity contribution in [2.45, 2.75) is 13.5 Å². The fraction of sp³-hybridized carbons (Fsp3) is 0.143. The quantitative estimate of drug-likeness (QED) is 0.674. The second kappa shape index (κ2) is 5.34. The van der Waals surface area contributed by atoms with Gasteiger partial charge in [-0.1, -0.05) is 18.2 Å². The van der Waals surface area contributed by atoms with Gasteiger partial charge in [0, 0.05) is 10.4 Å². The minimum absolute atomic E-state index is 0.101. The number of thiophene rings is 1. The summed E-state index contributed by atoms with van der Waals surface area (Å²) in [5.41, 5.74) is 0.474. The van der Waals surface area contributed by atoms with Crippen LogP contribution in [0.3, 0.4) is 0 Å². The SMILES string of the molecule is Cc1cc2c(OCc3ccccc3F)nc(Cl)nc2s1. The zero-order valence-electron chi connectivity index (χ0n) is 10.6. The van der Waals surface area contributed by atoms with Crippen LogP contribution in [0.5, 0.6) is 5.88 Å². The summed E-state index contributed by atoms with van der Waals surface area (Å²) in [6.45, 7) is 2.07. The van der Waals surface area contributed by atoms with Crippen molar-refractivity contribution in [2.75, 3.05) is 0 Å². The Labute approximate surface area is 124 Å². The van der Waals surface area contributed by atoms with Crippen LogP contribution < -0.4 is 4.74 Å². The van der Waals surface area contributed by atoms with Crippen molar-refractivity contribution >= 4 is 33.2 Å². The van der Waals surface area contributed by atoms with E-state index in [-0.39, 0.29) is 17.7 Å². The van der Waals surface area contributed by atoms with Gasteiger partial charge in [0.15, 0.2) is 0 Å². The van der Waals surface area contributed by atoms with Crippen molar-refractivity contribution in [3.05, 3.63) is 51.9 Å². The van der Waals surface area contributed by atoms with E-state index in [0.717, 1.165) is 15.1 Å². The molecule has 0 aliphatic carbocycles. The van der Waals surface area contributed by atoms with Gasteiger partial charge in [-0.15, -0.1) is 11.3 Å². The van der Waals surface area contributed by atoms with Crippen LogP contribution in [0.2, 0.25) is 5.28 Å². The molecular weight excluding hydrogens is 299 g/mol. The van der Waals surface area contributed by atoms with Crippen LogP contribution in [0.1, 0.15) is 10.4 Å². The number of benzene rings is 1. The third kappa shape index (κ3) is 2.59. The van der Waals surface area contributed by atoms with E-state index in [1.807, 2.05) is 13.0 Å². The monoisotopic (exact) mass is 308 g/mol. The molecule has 0 radical (unpaired) electrons. The maximum Gasteiger partial charge on any atom is 0.227 e. The second-order valence-corrected chi connectivity index (χ2v) is 5.83. The molecule has 0 atom stereocenters. The van der Waals surface area contributed by atoms with Crippen molar-refractivity contribution in [3.63, 3.8) is 0 Å². The van der Waals surface area contributed by atoms with Crippen molar-refractivity contribution in [1.82, 2.24) is 9.97 Å². The first kappa shape index (κ1) is 13.3. The summed E-state index contributed by atoms with van der Waals surface area (Å²) >= 11 is 7.39. The fourth-order valence-corrected chi connectivity index (χ4v) is 2.94. The number of aromatic nitrogens is 2. The number of rotatable bonds is 3. The van der Waals surface area contributed by atoms with E-state index in [0.29, 0.717) is 11.4 Å². The van der Waals surface area contributed by atoms with E-state index in [2.05, 4.69) is 9.97 Å². The third-order valence-corrected chi connectivity index (χ3v) is 3.89. The molecule has 6 heteroatoms. The maximum atomic E-state index is 13.6. The standard InChI is InChI=1S/C14H10ClFN2OS/c1-8-6-10-12(17-14(15)18-13(10)20-8)19-7-9-4-2-3-5-11(9)16/h2-6H,7H2,1H3. The van der Waals surface area contributed by atoms with Crippen molar-refractivity contribution in [1.29, 1.82) is 0 Å². The van der Waals surface area contributed by atoms with Gasteiger partial charge in [-0.05, 0) is 30.7 Å². The Morgan fingerprint density at radius 2 is 2.10 bits per heavy atom. The summed E-state index contributed by atoms with van der Waals surface area (Å²) in [7, 11) is 0. The van der Waals surface area contributed by atoms with Crippen LogP contribution in [-0.2, 0) is 6.61 Å². The van der Waals surface area contributed by atoms with Crippen molar-refractivity contribution < 1.29 is 9.13 Å². The summed E-state index contributed by atoms with van der Waals surface area (Å²) in [5, 5.41) is 0.927. The van der Waals surface area contributed by atoms with Crippen molar-refractivity contribution in [2.24, 2.45) is 0 Å². The number of ether oxygens (including phenoxy) is 1. The average molecular weight is 309 g/mol. The number of hydrogen-bond acceptors (Lipinski definition) is 4. The summed E-state index contributed by atoms with van der Waals surface area (Å²) < 4.78 is 19.2. The average Bonchev–Trinajstić information content (AvgIpc) is 2.77. The Bertz CT molecular complexity index is 775. The highest BCUT2D eigenvalue weighted by Crippen LogP contribution is 2.31. The molecule has 0 bridgehead atoms. The molecule has 3 nitrogen and oxygen atoms in total. The summed E-state index contributed by atoms with van der Waals surface area (Å²) in [4.78, 5) is 10.1. The van der Waals surface area contributed by atoms with Gasteiger partial charge in [-0.25, -0.2) is 9.37 Å². The lowest BCUT2D eigenvalue weighted by atomic mass is 10.2. The molecule has 0 unspecified atom stereocenters. The Hall–Kier alpha value is -1.72. The molecule has 2 aromatic heterocycles. The molecule has 0 saturated carbocycles. The number of halogens is 2. The van der Waals surface area contributed by atoms with Gasteiger partial charge in [0.05, 0.1) is 5.39 Å². The first-order valence-corrected chi connectivity index (χ1v) is 7.13. The second-order valence-electron chi connectivity index (χ2n) is 4.25. The normalized spacial score (nSPS) is 10.9. The van der Waals surface area contributed by atoms with E-state index in [1.54, 1.807) is 18.2 Å². The number of nitrogens with zero attached hydrogens (tertiary/aromatic N) is 2. The molecule has 0 fully saturated rings. The molecule has 0 aliphatic heterocycles. The fourth-order valence-electron chi connectivity index (χ4n) is 1.86. The molecule has 3 rings (SSSR count).